The molecule has 6 heteroatoms. The van der Waals surface area contributed by atoms with Gasteiger partial charge in [0.05, 0.1) is 13.0 Å². The Bertz CT molecular complexity index is 1010. The summed E-state index contributed by atoms with van der Waals surface area (Å²) in [5.41, 5.74) is 9.24. The lowest BCUT2D eigenvalue weighted by molar-refractivity contribution is 0.389. The van der Waals surface area contributed by atoms with Gasteiger partial charge in [-0.15, -0.1) is 0 Å². The molecule has 0 saturated carbocycles. The van der Waals surface area contributed by atoms with Gasteiger partial charge in [-0.3, -0.25) is 0 Å². The number of aromatic nitrogens is 1. The standard InChI is InChI=1S/C18H13N3O3/c1-22-11-4-2-3-10(7-11)15-12-5-6-14-17(23-9-21-14)16(12)24-18(20)13(15)8-19/h2-7,9,15H,20H2,1H3. The second kappa shape index (κ2) is 5.32. The van der Waals surface area contributed by atoms with Crippen molar-refractivity contribution >= 4 is 11.1 Å². The quantitative estimate of drug-likeness (QED) is 0.780. The monoisotopic (exact) mass is 319 g/mol. The van der Waals surface area contributed by atoms with E-state index in [4.69, 9.17) is 19.6 Å². The molecule has 0 amide bonds. The maximum atomic E-state index is 9.58. The van der Waals surface area contributed by atoms with Gasteiger partial charge in [0, 0.05) is 5.56 Å². The molecule has 4 rings (SSSR count). The summed E-state index contributed by atoms with van der Waals surface area (Å²) in [5.74, 6) is 0.913. The number of allylic oxidation sites excluding steroid dienone is 1. The molecule has 1 atom stereocenters. The van der Waals surface area contributed by atoms with E-state index in [1.54, 1.807) is 7.11 Å². The largest absolute Gasteiger partial charge is 0.497 e. The van der Waals surface area contributed by atoms with Crippen LogP contribution in [0.2, 0.25) is 0 Å². The highest BCUT2D eigenvalue weighted by atomic mass is 16.5. The molecule has 2 heterocycles. The first-order chi connectivity index (χ1) is 11.7. The van der Waals surface area contributed by atoms with Crippen LogP contribution in [0.25, 0.3) is 11.1 Å². The van der Waals surface area contributed by atoms with Gasteiger partial charge in [-0.25, -0.2) is 4.98 Å². The number of fused-ring (bicyclic) bond motifs is 3. The Morgan fingerprint density at radius 1 is 1.29 bits per heavy atom. The number of nitrogens with zero attached hydrogens (tertiary/aromatic N) is 2. The molecule has 0 spiro atoms. The second-order valence-electron chi connectivity index (χ2n) is 5.39. The Hall–Kier alpha value is -3.46. The first kappa shape index (κ1) is 14.2. The first-order valence-corrected chi connectivity index (χ1v) is 7.30. The predicted octanol–water partition coefficient (Wildman–Crippen LogP) is 3.05. The Kier molecular flexibility index (Phi) is 3.14. The van der Waals surface area contributed by atoms with Crippen LogP contribution in [0.4, 0.5) is 0 Å². The summed E-state index contributed by atoms with van der Waals surface area (Å²) in [6, 6.07) is 13.4. The molecule has 1 aliphatic heterocycles. The highest BCUT2D eigenvalue weighted by Gasteiger charge is 2.33. The van der Waals surface area contributed by atoms with Gasteiger partial charge < -0.3 is 19.6 Å². The maximum absolute atomic E-state index is 9.58. The van der Waals surface area contributed by atoms with Crippen LogP contribution in [-0.2, 0) is 0 Å². The number of nitriles is 1. The van der Waals surface area contributed by atoms with E-state index in [2.05, 4.69) is 11.1 Å². The highest BCUT2D eigenvalue weighted by Crippen LogP contribution is 2.45. The molecule has 1 unspecified atom stereocenters. The fourth-order valence-corrected chi connectivity index (χ4v) is 3.00. The second-order valence-corrected chi connectivity index (χ2v) is 5.39. The van der Waals surface area contributed by atoms with Gasteiger partial charge in [-0.05, 0) is 23.8 Å². The number of oxazole rings is 1. The summed E-state index contributed by atoms with van der Waals surface area (Å²) in [6.45, 7) is 0. The SMILES string of the molecule is COc1cccc(C2C(C#N)=C(N)Oc3c2ccc2ncoc32)c1. The Balaban J connectivity index is 1.99. The van der Waals surface area contributed by atoms with Crippen LogP contribution >= 0.6 is 0 Å². The molecule has 3 aromatic rings. The molecule has 1 aliphatic rings. The van der Waals surface area contributed by atoms with E-state index in [0.29, 0.717) is 28.2 Å². The molecule has 2 N–H and O–H groups in total. The van der Waals surface area contributed by atoms with E-state index in [1.165, 1.54) is 6.39 Å². The van der Waals surface area contributed by atoms with E-state index < -0.39 is 0 Å². The van der Waals surface area contributed by atoms with E-state index in [1.807, 2.05) is 36.4 Å². The lowest BCUT2D eigenvalue weighted by Crippen LogP contribution is -2.21. The lowest BCUT2D eigenvalue weighted by Gasteiger charge is -2.26. The predicted molar refractivity (Wildman–Crippen MR) is 86.3 cm³/mol. The zero-order valence-corrected chi connectivity index (χ0v) is 12.8. The van der Waals surface area contributed by atoms with Crippen LogP contribution in [0, 0.1) is 11.3 Å². The molecule has 0 saturated heterocycles. The fourth-order valence-electron chi connectivity index (χ4n) is 3.00. The molecular weight excluding hydrogens is 306 g/mol. The van der Waals surface area contributed by atoms with Crippen LogP contribution < -0.4 is 15.2 Å². The molecule has 24 heavy (non-hydrogen) atoms. The van der Waals surface area contributed by atoms with Gasteiger partial charge in [0.1, 0.15) is 22.9 Å². The molecular formula is C18H13N3O3. The minimum atomic E-state index is -0.358. The third-order valence-electron chi connectivity index (χ3n) is 4.11. The molecule has 0 aliphatic carbocycles. The van der Waals surface area contributed by atoms with Crippen LogP contribution in [0.5, 0.6) is 11.5 Å². The minimum absolute atomic E-state index is 0.0710. The minimum Gasteiger partial charge on any atom is -0.497 e. The molecule has 0 radical (unpaired) electrons. The van der Waals surface area contributed by atoms with Crippen molar-refractivity contribution in [3.63, 3.8) is 0 Å². The summed E-state index contributed by atoms with van der Waals surface area (Å²) >= 11 is 0. The highest BCUT2D eigenvalue weighted by molar-refractivity contribution is 5.82. The molecule has 1 aromatic heterocycles. The Morgan fingerprint density at radius 3 is 2.96 bits per heavy atom. The van der Waals surface area contributed by atoms with E-state index in [-0.39, 0.29) is 11.8 Å². The number of hydrogen-bond donors (Lipinski definition) is 1. The van der Waals surface area contributed by atoms with Crippen molar-refractivity contribution < 1.29 is 13.9 Å². The van der Waals surface area contributed by atoms with Gasteiger partial charge in [0.25, 0.3) is 0 Å². The number of nitrogens with two attached hydrogens (primary N) is 1. The smallest absolute Gasteiger partial charge is 0.205 e. The third-order valence-corrected chi connectivity index (χ3v) is 4.11. The van der Waals surface area contributed by atoms with E-state index in [0.717, 1.165) is 11.1 Å². The lowest BCUT2D eigenvalue weighted by atomic mass is 9.83. The molecule has 118 valence electrons. The van der Waals surface area contributed by atoms with Gasteiger partial charge in [-0.1, -0.05) is 18.2 Å². The summed E-state index contributed by atoms with van der Waals surface area (Å²) in [6.07, 6.45) is 1.36. The normalized spacial score (nSPS) is 16.4. The van der Waals surface area contributed by atoms with Crippen LogP contribution in [0.3, 0.4) is 0 Å². The van der Waals surface area contributed by atoms with Crippen LogP contribution in [0.1, 0.15) is 17.0 Å². The van der Waals surface area contributed by atoms with Crippen LogP contribution in [0.15, 0.2) is 58.7 Å². The molecule has 0 bridgehead atoms. The summed E-state index contributed by atoms with van der Waals surface area (Å²) < 4.78 is 16.4. The van der Waals surface area contributed by atoms with Crippen molar-refractivity contribution in [2.45, 2.75) is 5.92 Å². The van der Waals surface area contributed by atoms with Crippen LogP contribution in [-0.4, -0.2) is 12.1 Å². The fraction of sp³-hybridized carbons (Fsp3) is 0.111. The topological polar surface area (TPSA) is 94.3 Å². The van der Waals surface area contributed by atoms with E-state index >= 15 is 0 Å². The van der Waals surface area contributed by atoms with Crippen molar-refractivity contribution in [1.29, 1.82) is 5.26 Å². The maximum Gasteiger partial charge on any atom is 0.205 e. The first-order valence-electron chi connectivity index (χ1n) is 7.30. The summed E-state index contributed by atoms with van der Waals surface area (Å²) in [5, 5.41) is 9.58. The Morgan fingerprint density at radius 2 is 2.17 bits per heavy atom. The van der Waals surface area contributed by atoms with E-state index in [9.17, 15) is 5.26 Å². The average molecular weight is 319 g/mol. The zero-order chi connectivity index (χ0) is 16.7. The molecule has 2 aromatic carbocycles. The third kappa shape index (κ3) is 1.99. The zero-order valence-electron chi connectivity index (χ0n) is 12.8. The average Bonchev–Trinajstić information content (AvgIpc) is 3.09. The summed E-state index contributed by atoms with van der Waals surface area (Å²) in [7, 11) is 1.60. The van der Waals surface area contributed by atoms with Crippen molar-refractivity contribution in [2.75, 3.05) is 7.11 Å². The van der Waals surface area contributed by atoms with Crippen molar-refractivity contribution in [2.24, 2.45) is 5.73 Å². The van der Waals surface area contributed by atoms with Gasteiger partial charge in [0.15, 0.2) is 17.7 Å². The van der Waals surface area contributed by atoms with Crippen molar-refractivity contribution in [1.82, 2.24) is 4.98 Å². The molecule has 0 fully saturated rings. The Labute approximate surface area is 137 Å². The van der Waals surface area contributed by atoms with Gasteiger partial charge in [0.2, 0.25) is 5.88 Å². The number of rotatable bonds is 2. The van der Waals surface area contributed by atoms with Gasteiger partial charge >= 0.3 is 0 Å². The summed E-state index contributed by atoms with van der Waals surface area (Å²) in [4.78, 5) is 4.13. The molecule has 6 nitrogen and oxygen atoms in total. The van der Waals surface area contributed by atoms with Gasteiger partial charge in [-0.2, -0.15) is 5.26 Å². The number of methoxy groups -OCH3 is 1. The number of ether oxygens (including phenoxy) is 2. The van der Waals surface area contributed by atoms with Crippen molar-refractivity contribution in [3.05, 3.63) is 65.4 Å². The number of hydrogen-bond acceptors (Lipinski definition) is 6. The van der Waals surface area contributed by atoms with Crippen molar-refractivity contribution in [3.8, 4) is 17.6 Å². The number of benzene rings is 2.